The quantitative estimate of drug-likeness (QED) is 0.529. The molecule has 1 amide bonds. The van der Waals surface area contributed by atoms with E-state index in [-0.39, 0.29) is 5.91 Å². The van der Waals surface area contributed by atoms with E-state index in [1.165, 1.54) is 0 Å². The van der Waals surface area contributed by atoms with Gasteiger partial charge in [0.05, 0.1) is 12.1 Å². The van der Waals surface area contributed by atoms with Crippen LogP contribution < -0.4 is 0 Å². The highest BCUT2D eigenvalue weighted by Gasteiger charge is 2.23. The highest BCUT2D eigenvalue weighted by molar-refractivity contribution is 14.1. The smallest absolute Gasteiger partial charge is 0.255 e. The Kier molecular flexibility index (Phi) is 5.25. The maximum absolute atomic E-state index is 12.5. The number of amides is 1. The van der Waals surface area contributed by atoms with Gasteiger partial charge in [-0.1, -0.05) is 5.92 Å². The van der Waals surface area contributed by atoms with Crippen molar-refractivity contribution in [2.45, 2.75) is 0 Å². The molecule has 0 atom stereocenters. The SMILES string of the molecule is C#CCN1CCN(C(=O)c2cc(I)ccc2Br)CC1. The Morgan fingerprint density at radius 3 is 2.68 bits per heavy atom. The Balaban J connectivity index is 2.05. The van der Waals surface area contributed by atoms with Gasteiger partial charge in [0, 0.05) is 34.2 Å². The van der Waals surface area contributed by atoms with Gasteiger partial charge in [0.25, 0.3) is 5.91 Å². The standard InChI is InChI=1S/C14H14BrIN2O/c1-2-5-17-6-8-18(9-7-17)14(19)12-10-11(16)3-4-13(12)15/h1,3-4,10H,5-9H2. The fraction of sp³-hybridized carbons (Fsp3) is 0.357. The molecule has 0 bridgehead atoms. The number of piperazine rings is 1. The van der Waals surface area contributed by atoms with E-state index in [0.29, 0.717) is 6.54 Å². The summed E-state index contributed by atoms with van der Waals surface area (Å²) in [5, 5.41) is 0. The predicted molar refractivity (Wildman–Crippen MR) is 88.0 cm³/mol. The van der Waals surface area contributed by atoms with Crippen LogP contribution in [0.25, 0.3) is 0 Å². The summed E-state index contributed by atoms with van der Waals surface area (Å²) in [6.45, 7) is 3.82. The molecule has 0 aromatic heterocycles. The van der Waals surface area contributed by atoms with E-state index in [0.717, 1.165) is 39.8 Å². The average molecular weight is 433 g/mol. The molecular weight excluding hydrogens is 419 g/mol. The van der Waals surface area contributed by atoms with Crippen LogP contribution in [0.2, 0.25) is 0 Å². The molecule has 19 heavy (non-hydrogen) atoms. The molecule has 0 unspecified atom stereocenters. The van der Waals surface area contributed by atoms with E-state index in [2.05, 4.69) is 49.3 Å². The number of nitrogens with zero attached hydrogens (tertiary/aromatic N) is 2. The lowest BCUT2D eigenvalue weighted by molar-refractivity contribution is 0.0651. The van der Waals surface area contributed by atoms with Crippen LogP contribution in [0.1, 0.15) is 10.4 Å². The molecule has 1 aromatic carbocycles. The molecule has 1 fully saturated rings. The predicted octanol–water partition coefficient (Wildman–Crippen LogP) is 2.44. The molecule has 0 radical (unpaired) electrons. The third kappa shape index (κ3) is 3.71. The summed E-state index contributed by atoms with van der Waals surface area (Å²) in [5.41, 5.74) is 0.734. The van der Waals surface area contributed by atoms with Crippen molar-refractivity contribution < 1.29 is 4.79 Å². The van der Waals surface area contributed by atoms with Crippen LogP contribution in [-0.2, 0) is 0 Å². The van der Waals surface area contributed by atoms with Crippen LogP contribution in [0.5, 0.6) is 0 Å². The summed E-state index contributed by atoms with van der Waals surface area (Å²) in [5.74, 6) is 2.73. The van der Waals surface area contributed by atoms with Crippen molar-refractivity contribution in [1.29, 1.82) is 0 Å². The molecular formula is C14H14BrIN2O. The lowest BCUT2D eigenvalue weighted by Crippen LogP contribution is -2.48. The van der Waals surface area contributed by atoms with Gasteiger partial charge in [-0.3, -0.25) is 9.69 Å². The molecule has 0 N–H and O–H groups in total. The first-order valence-corrected chi connectivity index (χ1v) is 7.89. The summed E-state index contributed by atoms with van der Waals surface area (Å²) < 4.78 is 1.92. The second-order valence-corrected chi connectivity index (χ2v) is 6.50. The molecule has 100 valence electrons. The molecule has 0 saturated carbocycles. The largest absolute Gasteiger partial charge is 0.336 e. The Morgan fingerprint density at radius 2 is 2.05 bits per heavy atom. The molecule has 1 heterocycles. The zero-order valence-corrected chi connectivity index (χ0v) is 14.1. The molecule has 1 aliphatic heterocycles. The van der Waals surface area contributed by atoms with Gasteiger partial charge in [-0.25, -0.2) is 0 Å². The molecule has 1 aromatic rings. The third-order valence-electron chi connectivity index (χ3n) is 3.13. The van der Waals surface area contributed by atoms with E-state index >= 15 is 0 Å². The van der Waals surface area contributed by atoms with Crippen molar-refractivity contribution in [1.82, 2.24) is 9.80 Å². The summed E-state index contributed by atoms with van der Waals surface area (Å²) in [6.07, 6.45) is 5.30. The lowest BCUT2D eigenvalue weighted by atomic mass is 10.2. The second-order valence-electron chi connectivity index (χ2n) is 4.40. The number of benzene rings is 1. The Morgan fingerprint density at radius 1 is 1.37 bits per heavy atom. The van der Waals surface area contributed by atoms with Crippen molar-refractivity contribution in [3.05, 3.63) is 31.8 Å². The summed E-state index contributed by atoms with van der Waals surface area (Å²) >= 11 is 5.67. The van der Waals surface area contributed by atoms with Gasteiger partial charge in [-0.2, -0.15) is 0 Å². The van der Waals surface area contributed by atoms with Crippen molar-refractivity contribution in [2.24, 2.45) is 0 Å². The van der Waals surface area contributed by atoms with E-state index < -0.39 is 0 Å². The summed E-state index contributed by atoms with van der Waals surface area (Å²) in [7, 11) is 0. The van der Waals surface area contributed by atoms with Crippen molar-refractivity contribution in [2.75, 3.05) is 32.7 Å². The highest BCUT2D eigenvalue weighted by atomic mass is 127. The Labute approximate surface area is 135 Å². The molecule has 1 aliphatic rings. The fourth-order valence-corrected chi connectivity index (χ4v) is 2.98. The second kappa shape index (κ2) is 6.73. The number of hydrogen-bond acceptors (Lipinski definition) is 2. The first-order valence-electron chi connectivity index (χ1n) is 6.02. The lowest BCUT2D eigenvalue weighted by Gasteiger charge is -2.33. The minimum absolute atomic E-state index is 0.0887. The minimum Gasteiger partial charge on any atom is -0.336 e. The van der Waals surface area contributed by atoms with Crippen LogP contribution in [0.4, 0.5) is 0 Å². The molecule has 1 saturated heterocycles. The number of hydrogen-bond donors (Lipinski definition) is 0. The summed E-state index contributed by atoms with van der Waals surface area (Å²) in [6, 6.07) is 5.82. The van der Waals surface area contributed by atoms with Gasteiger partial charge in [-0.15, -0.1) is 6.42 Å². The van der Waals surface area contributed by atoms with Gasteiger partial charge in [0.2, 0.25) is 0 Å². The van der Waals surface area contributed by atoms with Crippen LogP contribution in [0.3, 0.4) is 0 Å². The Hall–Kier alpha value is -0.580. The van der Waals surface area contributed by atoms with E-state index in [4.69, 9.17) is 6.42 Å². The van der Waals surface area contributed by atoms with Gasteiger partial charge in [0.15, 0.2) is 0 Å². The van der Waals surface area contributed by atoms with Gasteiger partial charge in [0.1, 0.15) is 0 Å². The monoisotopic (exact) mass is 432 g/mol. The van der Waals surface area contributed by atoms with Crippen molar-refractivity contribution in [3.8, 4) is 12.3 Å². The first kappa shape index (κ1) is 14.8. The van der Waals surface area contributed by atoms with Crippen LogP contribution in [0, 0.1) is 15.9 Å². The highest BCUT2D eigenvalue weighted by Crippen LogP contribution is 2.21. The van der Waals surface area contributed by atoms with Crippen molar-refractivity contribution >= 4 is 44.4 Å². The zero-order chi connectivity index (χ0) is 13.8. The molecule has 2 rings (SSSR count). The maximum Gasteiger partial charge on any atom is 0.255 e. The van der Waals surface area contributed by atoms with Gasteiger partial charge < -0.3 is 4.90 Å². The molecule has 0 aliphatic carbocycles. The number of rotatable bonds is 2. The maximum atomic E-state index is 12.5. The number of carbonyl (C=O) groups excluding carboxylic acids is 1. The third-order valence-corrected chi connectivity index (χ3v) is 4.50. The number of terminal acetylenes is 1. The minimum atomic E-state index is 0.0887. The number of carbonyl (C=O) groups is 1. The molecule has 5 heteroatoms. The average Bonchev–Trinajstić information content (AvgIpc) is 2.42. The fourth-order valence-electron chi connectivity index (χ4n) is 2.07. The topological polar surface area (TPSA) is 23.6 Å². The van der Waals surface area contributed by atoms with E-state index in [1.807, 2.05) is 23.1 Å². The molecule has 3 nitrogen and oxygen atoms in total. The van der Waals surface area contributed by atoms with Crippen LogP contribution in [0.15, 0.2) is 22.7 Å². The zero-order valence-electron chi connectivity index (χ0n) is 10.4. The molecule has 0 spiro atoms. The van der Waals surface area contributed by atoms with Gasteiger partial charge >= 0.3 is 0 Å². The Bertz CT molecular complexity index is 519. The van der Waals surface area contributed by atoms with Gasteiger partial charge in [-0.05, 0) is 56.7 Å². The van der Waals surface area contributed by atoms with Crippen LogP contribution >= 0.6 is 38.5 Å². The van der Waals surface area contributed by atoms with Crippen LogP contribution in [-0.4, -0.2) is 48.4 Å². The number of halogens is 2. The van der Waals surface area contributed by atoms with E-state index in [1.54, 1.807) is 0 Å². The van der Waals surface area contributed by atoms with E-state index in [9.17, 15) is 4.79 Å². The first-order chi connectivity index (χ1) is 9.11. The van der Waals surface area contributed by atoms with Crippen molar-refractivity contribution in [3.63, 3.8) is 0 Å². The summed E-state index contributed by atoms with van der Waals surface area (Å²) in [4.78, 5) is 16.6. The normalized spacial score (nSPS) is 16.2.